The molecule has 0 unspecified atom stereocenters. The second-order valence-corrected chi connectivity index (χ2v) is 19.9. The summed E-state index contributed by atoms with van der Waals surface area (Å²) in [7, 11) is -0.0711. The Labute approximate surface area is 242 Å². The second kappa shape index (κ2) is 12.9. The largest absolute Gasteiger partial charge is 0.414 e. The summed E-state index contributed by atoms with van der Waals surface area (Å²) in [5.41, 5.74) is 6.29. The van der Waals surface area contributed by atoms with Gasteiger partial charge in [0.05, 0.1) is 5.60 Å². The Morgan fingerprint density at radius 2 is 1.87 bits per heavy atom. The van der Waals surface area contributed by atoms with Crippen molar-refractivity contribution in [3.8, 4) is 0 Å². The van der Waals surface area contributed by atoms with E-state index in [0.717, 1.165) is 25.7 Å². The summed E-state index contributed by atoms with van der Waals surface area (Å²) in [5.74, 6) is 1.28. The predicted octanol–water partition coefficient (Wildman–Crippen LogP) is 10.3. The molecule has 4 heteroatoms. The van der Waals surface area contributed by atoms with Crippen LogP contribution in [0.2, 0.25) is 18.1 Å². The summed E-state index contributed by atoms with van der Waals surface area (Å²) in [6.07, 6.45) is 19.6. The molecule has 0 saturated heterocycles. The van der Waals surface area contributed by atoms with Gasteiger partial charge in [-0.3, -0.25) is 0 Å². The third-order valence-corrected chi connectivity index (χ3v) is 15.1. The van der Waals surface area contributed by atoms with E-state index in [2.05, 4.69) is 86.4 Å². The lowest BCUT2D eigenvalue weighted by molar-refractivity contribution is -0.117. The Kier molecular flexibility index (Phi) is 10.8. The number of rotatable bonds is 11. The molecule has 0 aromatic rings. The zero-order chi connectivity index (χ0) is 29.1. The van der Waals surface area contributed by atoms with Crippen LogP contribution in [-0.4, -0.2) is 33.9 Å². The van der Waals surface area contributed by atoms with Gasteiger partial charge in [0.1, 0.15) is 6.79 Å². The molecule has 0 aromatic heterocycles. The van der Waals surface area contributed by atoms with Crippen LogP contribution in [0.4, 0.5) is 0 Å². The van der Waals surface area contributed by atoms with Crippen molar-refractivity contribution in [1.82, 2.24) is 0 Å². The molecule has 0 spiro atoms. The van der Waals surface area contributed by atoms with Crippen molar-refractivity contribution in [3.05, 3.63) is 47.1 Å². The van der Waals surface area contributed by atoms with Gasteiger partial charge in [0, 0.05) is 13.2 Å². The molecule has 0 aliphatic heterocycles. The minimum absolute atomic E-state index is 0.127. The average molecular weight is 557 g/mol. The van der Waals surface area contributed by atoms with E-state index in [4.69, 9.17) is 13.9 Å². The van der Waals surface area contributed by atoms with Gasteiger partial charge in [0.2, 0.25) is 0 Å². The summed E-state index contributed by atoms with van der Waals surface area (Å²) >= 11 is 0. The van der Waals surface area contributed by atoms with Crippen LogP contribution in [-0.2, 0) is 13.9 Å². The monoisotopic (exact) mass is 556 g/mol. The Balaban J connectivity index is 1.65. The number of ether oxygens (including phenoxy) is 2. The maximum Gasteiger partial charge on any atom is 0.192 e. The van der Waals surface area contributed by atoms with Gasteiger partial charge in [0.15, 0.2) is 8.32 Å². The van der Waals surface area contributed by atoms with Crippen LogP contribution < -0.4 is 0 Å². The normalized spacial score (nSPS) is 29.6. The van der Waals surface area contributed by atoms with Crippen LogP contribution >= 0.6 is 0 Å². The minimum atomic E-state index is -1.76. The number of methoxy groups -OCH3 is 1. The van der Waals surface area contributed by atoms with Crippen molar-refractivity contribution < 1.29 is 13.9 Å². The van der Waals surface area contributed by atoms with Gasteiger partial charge in [-0.15, -0.1) is 0 Å². The standard InChI is InChI=1S/C35H60O3Si/c1-26-16-19-30(38-39(10,11)33(3,4)5)24-29(26)18-17-28-15-13-23-35(8)31(20-21-32(28)35)27(2)14-12-22-34(6,7)37-25-36-9/h17-18,20,27,30,32H,1,12-16,19,21-25H2,2-11H3/b28-17+,29-18-/t27-,30-,32-,35+/m0/s1. The van der Waals surface area contributed by atoms with Gasteiger partial charge in [-0.05, 0) is 113 Å². The van der Waals surface area contributed by atoms with Gasteiger partial charge >= 0.3 is 0 Å². The van der Waals surface area contributed by atoms with Crippen LogP contribution in [0, 0.1) is 17.3 Å². The number of hydrogen-bond acceptors (Lipinski definition) is 3. The molecule has 4 atom stereocenters. The molecule has 0 aromatic carbocycles. The number of allylic oxidation sites excluding steroid dienone is 6. The zero-order valence-corrected chi connectivity index (χ0v) is 28.2. The van der Waals surface area contributed by atoms with Gasteiger partial charge in [0.25, 0.3) is 0 Å². The molecule has 0 bridgehead atoms. The molecule has 3 aliphatic rings. The smallest absolute Gasteiger partial charge is 0.192 e. The average Bonchev–Trinajstić information content (AvgIpc) is 3.19. The van der Waals surface area contributed by atoms with Crippen molar-refractivity contribution in [2.45, 2.75) is 143 Å². The van der Waals surface area contributed by atoms with Crippen molar-refractivity contribution in [2.75, 3.05) is 13.9 Å². The maximum atomic E-state index is 6.83. The lowest BCUT2D eigenvalue weighted by atomic mass is 9.62. The van der Waals surface area contributed by atoms with Crippen LogP contribution in [0.5, 0.6) is 0 Å². The Hall–Kier alpha value is -0.943. The highest BCUT2D eigenvalue weighted by atomic mass is 28.4. The highest BCUT2D eigenvalue weighted by molar-refractivity contribution is 6.74. The first-order valence-corrected chi connectivity index (χ1v) is 18.6. The highest BCUT2D eigenvalue weighted by Gasteiger charge is 2.46. The van der Waals surface area contributed by atoms with Gasteiger partial charge in [-0.2, -0.15) is 0 Å². The van der Waals surface area contributed by atoms with E-state index in [-0.39, 0.29) is 10.6 Å². The first kappa shape index (κ1) is 32.6. The third kappa shape index (κ3) is 8.08. The van der Waals surface area contributed by atoms with E-state index in [1.54, 1.807) is 18.3 Å². The summed E-state index contributed by atoms with van der Waals surface area (Å²) in [5, 5.41) is 0.248. The Bertz CT molecular complexity index is 947. The number of fused-ring (bicyclic) bond motifs is 1. The topological polar surface area (TPSA) is 27.7 Å². The van der Waals surface area contributed by atoms with Crippen molar-refractivity contribution in [3.63, 3.8) is 0 Å². The van der Waals surface area contributed by atoms with Crippen molar-refractivity contribution in [2.24, 2.45) is 17.3 Å². The van der Waals surface area contributed by atoms with E-state index in [1.165, 1.54) is 49.7 Å². The summed E-state index contributed by atoms with van der Waals surface area (Å²) in [4.78, 5) is 0. The molecule has 222 valence electrons. The van der Waals surface area contributed by atoms with Gasteiger partial charge < -0.3 is 13.9 Å². The first-order valence-electron chi connectivity index (χ1n) is 15.7. The molecule has 0 amide bonds. The molecule has 2 fully saturated rings. The molecule has 39 heavy (non-hydrogen) atoms. The lowest BCUT2D eigenvalue weighted by Crippen LogP contribution is -2.44. The first-order chi connectivity index (χ1) is 18.1. The van der Waals surface area contributed by atoms with Crippen LogP contribution in [0.15, 0.2) is 47.1 Å². The van der Waals surface area contributed by atoms with Crippen LogP contribution in [0.3, 0.4) is 0 Å². The van der Waals surface area contributed by atoms with Crippen molar-refractivity contribution in [1.29, 1.82) is 0 Å². The molecule has 3 nitrogen and oxygen atoms in total. The molecule has 0 radical (unpaired) electrons. The summed E-state index contributed by atoms with van der Waals surface area (Å²) < 4.78 is 17.8. The maximum absolute atomic E-state index is 6.83. The van der Waals surface area contributed by atoms with Gasteiger partial charge in [-0.1, -0.05) is 82.6 Å². The van der Waals surface area contributed by atoms with Crippen LogP contribution in [0.1, 0.15) is 113 Å². The molecule has 2 saturated carbocycles. The third-order valence-electron chi connectivity index (χ3n) is 10.6. The predicted molar refractivity (Wildman–Crippen MR) is 169 cm³/mol. The van der Waals surface area contributed by atoms with Crippen LogP contribution in [0.25, 0.3) is 0 Å². The lowest BCUT2D eigenvalue weighted by Gasteiger charge is -2.43. The SMILES string of the molecule is C=C1CC[C@H](O[Si](C)(C)C(C)(C)C)C/C1=C/C=C1\CCC[C@]2(C)C([C@@H](C)CCCC(C)(C)OCOC)=CC[C@@H]12. The second-order valence-electron chi connectivity index (χ2n) is 15.1. The van der Waals surface area contributed by atoms with Crippen molar-refractivity contribution >= 4 is 8.32 Å². The highest BCUT2D eigenvalue weighted by Crippen LogP contribution is 2.57. The summed E-state index contributed by atoms with van der Waals surface area (Å²) in [6.45, 7) is 26.0. The minimum Gasteiger partial charge on any atom is -0.414 e. The Morgan fingerprint density at radius 3 is 2.54 bits per heavy atom. The van der Waals surface area contributed by atoms with E-state index in [0.29, 0.717) is 30.1 Å². The molecule has 0 heterocycles. The molecular weight excluding hydrogens is 496 g/mol. The fourth-order valence-corrected chi connectivity index (χ4v) is 8.36. The quantitative estimate of drug-likeness (QED) is 0.144. The fourth-order valence-electron chi connectivity index (χ4n) is 6.97. The van der Waals surface area contributed by atoms with E-state index < -0.39 is 8.32 Å². The van der Waals surface area contributed by atoms with E-state index in [1.807, 2.05) is 0 Å². The molecule has 3 rings (SSSR count). The molecule has 0 N–H and O–H groups in total. The van der Waals surface area contributed by atoms with E-state index >= 15 is 0 Å². The molecular formula is C35H60O3Si. The zero-order valence-electron chi connectivity index (χ0n) is 27.2. The summed E-state index contributed by atoms with van der Waals surface area (Å²) in [6, 6.07) is 0. The fraction of sp³-hybridized carbons (Fsp3) is 0.771. The van der Waals surface area contributed by atoms with Gasteiger partial charge in [-0.25, -0.2) is 0 Å². The molecule has 3 aliphatic carbocycles. The number of hydrogen-bond donors (Lipinski definition) is 0. The van der Waals surface area contributed by atoms with E-state index in [9.17, 15) is 0 Å². The Morgan fingerprint density at radius 1 is 1.15 bits per heavy atom.